The Morgan fingerprint density at radius 3 is 2.45 bits per heavy atom. The number of carbonyl (C=O) groups excluding carboxylic acids is 2. The van der Waals surface area contributed by atoms with Gasteiger partial charge in [0.25, 0.3) is 15.9 Å². The topological polar surface area (TPSA) is 107 Å². The number of halogens is 3. The Hall–Kier alpha value is -2.38. The standard InChI is InChI=1S/C26H24Cl3N3O6S2/c1-30(2)24(34)20-11-15(33)13-31(20)26(16-6-4-5-7-21(16)38-3)17-10-14(27)8-9-19(17)32(25(26)35)40(36,37)22-12-18(28)23(29)39-22/h4-10,12,15,20,33H,11,13H2,1-3H3/t15-,20+,26?/m1/s1. The lowest BCUT2D eigenvalue weighted by atomic mass is 9.80. The van der Waals surface area contributed by atoms with E-state index in [0.717, 1.165) is 11.3 Å². The first-order chi connectivity index (χ1) is 18.8. The van der Waals surface area contributed by atoms with E-state index in [9.17, 15) is 23.1 Å². The van der Waals surface area contributed by atoms with Crippen LogP contribution in [0.25, 0.3) is 0 Å². The Bertz CT molecular complexity index is 1610. The molecule has 1 saturated heterocycles. The third-order valence-electron chi connectivity index (χ3n) is 7.11. The monoisotopic (exact) mass is 643 g/mol. The second-order valence-electron chi connectivity index (χ2n) is 9.62. The number of rotatable bonds is 6. The van der Waals surface area contributed by atoms with Gasteiger partial charge < -0.3 is 14.7 Å². The highest BCUT2D eigenvalue weighted by molar-refractivity contribution is 7.95. The third kappa shape index (κ3) is 4.30. The van der Waals surface area contributed by atoms with E-state index in [-0.39, 0.29) is 60.0 Å². The molecular weight excluding hydrogens is 621 g/mol. The van der Waals surface area contributed by atoms with Gasteiger partial charge in [0.15, 0.2) is 5.54 Å². The van der Waals surface area contributed by atoms with Gasteiger partial charge >= 0.3 is 0 Å². The van der Waals surface area contributed by atoms with E-state index < -0.39 is 33.6 Å². The molecule has 0 spiro atoms. The summed E-state index contributed by atoms with van der Waals surface area (Å²) in [4.78, 5) is 31.3. The van der Waals surface area contributed by atoms with Gasteiger partial charge in [-0.25, -0.2) is 0 Å². The first-order valence-corrected chi connectivity index (χ1v) is 15.4. The van der Waals surface area contributed by atoms with Crippen molar-refractivity contribution in [3.63, 3.8) is 0 Å². The smallest absolute Gasteiger partial charge is 0.280 e. The van der Waals surface area contributed by atoms with E-state index in [1.807, 2.05) is 0 Å². The van der Waals surface area contributed by atoms with Gasteiger partial charge in [-0.1, -0.05) is 53.0 Å². The van der Waals surface area contributed by atoms with Crippen LogP contribution in [0.1, 0.15) is 17.5 Å². The van der Waals surface area contributed by atoms with Gasteiger partial charge in [-0.15, -0.1) is 11.3 Å². The van der Waals surface area contributed by atoms with Gasteiger partial charge in [0.1, 0.15) is 14.3 Å². The Kier molecular flexibility index (Phi) is 7.62. The van der Waals surface area contributed by atoms with Crippen LogP contribution in [-0.2, 0) is 25.2 Å². The van der Waals surface area contributed by atoms with Crippen molar-refractivity contribution in [3.8, 4) is 5.75 Å². The second-order valence-corrected chi connectivity index (χ2v) is 14.1. The number of carbonyl (C=O) groups is 2. The Morgan fingerprint density at radius 2 is 1.82 bits per heavy atom. The van der Waals surface area contributed by atoms with Crippen LogP contribution in [0, 0.1) is 0 Å². The molecule has 0 bridgehead atoms. The quantitative estimate of drug-likeness (QED) is 0.428. The summed E-state index contributed by atoms with van der Waals surface area (Å²) < 4.78 is 34.4. The average Bonchev–Trinajstić information content (AvgIpc) is 3.55. The van der Waals surface area contributed by atoms with Crippen molar-refractivity contribution >= 4 is 73.7 Å². The van der Waals surface area contributed by atoms with Gasteiger partial charge in [-0.2, -0.15) is 12.7 Å². The minimum absolute atomic E-state index is 0.0278. The lowest BCUT2D eigenvalue weighted by Crippen LogP contribution is -2.59. The Morgan fingerprint density at radius 1 is 1.12 bits per heavy atom. The number of aliphatic hydroxyl groups is 1. The number of thiophene rings is 1. The number of likely N-dealkylation sites (tertiary alicyclic amines) is 1. The molecule has 1 fully saturated rings. The zero-order chi connectivity index (χ0) is 29.1. The number of aliphatic hydroxyl groups excluding tert-OH is 1. The highest BCUT2D eigenvalue weighted by atomic mass is 35.5. The molecule has 1 N–H and O–H groups in total. The van der Waals surface area contributed by atoms with E-state index in [2.05, 4.69) is 0 Å². The SMILES string of the molecule is COc1ccccc1C1(N2C[C@H](O)C[C@H]2C(=O)N(C)C)C(=O)N(S(=O)(=O)c2cc(Cl)c(Cl)s2)c2ccc(Cl)cc21. The minimum atomic E-state index is -4.55. The van der Waals surface area contributed by atoms with E-state index in [1.165, 1.54) is 36.3 Å². The molecule has 3 heterocycles. The molecule has 2 aromatic carbocycles. The zero-order valence-corrected chi connectivity index (χ0v) is 25.4. The zero-order valence-electron chi connectivity index (χ0n) is 21.5. The summed E-state index contributed by atoms with van der Waals surface area (Å²) in [5.41, 5.74) is -1.37. The number of hydrogen-bond acceptors (Lipinski definition) is 8. The molecule has 1 aromatic heterocycles. The van der Waals surface area contributed by atoms with Gasteiger partial charge in [0.05, 0.1) is 30.0 Å². The molecule has 212 valence electrons. The van der Waals surface area contributed by atoms with Crippen LogP contribution in [0.5, 0.6) is 5.75 Å². The lowest BCUT2D eigenvalue weighted by Gasteiger charge is -2.42. The number of β-amino-alcohol motifs (C(OH)–C–C–N with tert-alkyl or cyclic N) is 1. The summed E-state index contributed by atoms with van der Waals surface area (Å²) in [5.74, 6) is -0.971. The first kappa shape index (κ1) is 29.1. The van der Waals surface area contributed by atoms with Crippen molar-refractivity contribution in [2.45, 2.75) is 28.3 Å². The molecule has 40 heavy (non-hydrogen) atoms. The van der Waals surface area contributed by atoms with E-state index >= 15 is 0 Å². The summed E-state index contributed by atoms with van der Waals surface area (Å²) in [6.07, 6.45) is -0.948. The number of sulfonamides is 1. The van der Waals surface area contributed by atoms with Gasteiger partial charge in [0.2, 0.25) is 5.91 Å². The Balaban J connectivity index is 1.87. The van der Waals surface area contributed by atoms with Gasteiger partial charge in [0, 0.05) is 36.8 Å². The number of para-hydroxylation sites is 1. The van der Waals surface area contributed by atoms with E-state index in [1.54, 1.807) is 43.3 Å². The maximum Gasteiger partial charge on any atom is 0.280 e. The fraction of sp³-hybridized carbons (Fsp3) is 0.308. The Labute approximate surface area is 250 Å². The molecule has 0 radical (unpaired) electrons. The maximum atomic E-state index is 14.9. The van der Waals surface area contributed by atoms with Crippen LogP contribution in [-0.4, -0.2) is 75.0 Å². The molecule has 2 aliphatic rings. The number of likely N-dealkylation sites (N-methyl/N-ethyl adjacent to an activating group) is 1. The maximum absolute atomic E-state index is 14.9. The normalized spacial score (nSPS) is 23.0. The number of methoxy groups -OCH3 is 1. The molecule has 2 amide bonds. The molecule has 1 unspecified atom stereocenters. The minimum Gasteiger partial charge on any atom is -0.496 e. The number of hydrogen-bond donors (Lipinski definition) is 1. The predicted molar refractivity (Wildman–Crippen MR) is 154 cm³/mol. The fourth-order valence-electron chi connectivity index (χ4n) is 5.48. The average molecular weight is 645 g/mol. The summed E-state index contributed by atoms with van der Waals surface area (Å²) in [6.45, 7) is -0.107. The van der Waals surface area contributed by atoms with Crippen molar-refractivity contribution < 1.29 is 27.9 Å². The molecular formula is C26H24Cl3N3O6S2. The summed E-state index contributed by atoms with van der Waals surface area (Å²) in [6, 6.07) is 11.3. The lowest BCUT2D eigenvalue weighted by molar-refractivity contribution is -0.138. The third-order valence-corrected chi connectivity index (χ3v) is 11.4. The van der Waals surface area contributed by atoms with Gasteiger partial charge in [-0.3, -0.25) is 14.5 Å². The number of ether oxygens (including phenoxy) is 1. The summed E-state index contributed by atoms with van der Waals surface area (Å²) in [7, 11) is 0.0258. The fourth-order valence-corrected chi connectivity index (χ4v) is 9.07. The number of amides is 2. The molecule has 5 rings (SSSR count). The van der Waals surface area contributed by atoms with Crippen molar-refractivity contribution in [1.82, 2.24) is 9.80 Å². The molecule has 2 aliphatic heterocycles. The summed E-state index contributed by atoms with van der Waals surface area (Å²) >= 11 is 19.4. The molecule has 14 heteroatoms. The number of nitrogens with zero attached hydrogens (tertiary/aromatic N) is 3. The van der Waals surface area contributed by atoms with Crippen molar-refractivity contribution in [3.05, 3.63) is 74.0 Å². The highest BCUT2D eigenvalue weighted by Crippen LogP contribution is 2.55. The molecule has 3 atom stereocenters. The van der Waals surface area contributed by atoms with Gasteiger partial charge in [-0.05, 0) is 36.8 Å². The predicted octanol–water partition coefficient (Wildman–Crippen LogP) is 4.22. The summed E-state index contributed by atoms with van der Waals surface area (Å²) in [5, 5.41) is 11.1. The van der Waals surface area contributed by atoms with Crippen LogP contribution in [0.4, 0.5) is 5.69 Å². The van der Waals surface area contributed by atoms with E-state index in [4.69, 9.17) is 39.5 Å². The van der Waals surface area contributed by atoms with Crippen LogP contribution in [0.2, 0.25) is 14.4 Å². The van der Waals surface area contributed by atoms with Crippen LogP contribution in [0.15, 0.2) is 52.7 Å². The first-order valence-electron chi connectivity index (χ1n) is 12.0. The van der Waals surface area contributed by atoms with Crippen molar-refractivity contribution in [1.29, 1.82) is 0 Å². The number of anilines is 1. The second kappa shape index (κ2) is 10.5. The molecule has 0 saturated carbocycles. The number of benzene rings is 2. The molecule has 9 nitrogen and oxygen atoms in total. The van der Waals surface area contributed by atoms with Crippen LogP contribution < -0.4 is 9.04 Å². The van der Waals surface area contributed by atoms with Crippen molar-refractivity contribution in [2.24, 2.45) is 0 Å². The molecule has 0 aliphatic carbocycles. The van der Waals surface area contributed by atoms with Crippen molar-refractivity contribution in [2.75, 3.05) is 32.1 Å². The van der Waals surface area contributed by atoms with Crippen LogP contribution in [0.3, 0.4) is 0 Å². The number of fused-ring (bicyclic) bond motifs is 1. The van der Waals surface area contributed by atoms with Crippen LogP contribution >= 0.6 is 46.1 Å². The molecule has 3 aromatic rings. The van der Waals surface area contributed by atoms with E-state index in [0.29, 0.717) is 4.31 Å². The highest BCUT2D eigenvalue weighted by Gasteiger charge is 2.64. The largest absolute Gasteiger partial charge is 0.496 e.